The van der Waals surface area contributed by atoms with Crippen LogP contribution in [0.4, 0.5) is 5.95 Å². The number of ether oxygens (including phenoxy) is 1. The molecule has 31 heavy (non-hydrogen) atoms. The molecule has 2 aromatic carbocycles. The van der Waals surface area contributed by atoms with E-state index in [0.29, 0.717) is 28.6 Å². The van der Waals surface area contributed by atoms with Crippen LogP contribution >= 0.6 is 11.6 Å². The van der Waals surface area contributed by atoms with Gasteiger partial charge in [-0.05, 0) is 43.7 Å². The van der Waals surface area contributed by atoms with E-state index in [2.05, 4.69) is 20.6 Å². The van der Waals surface area contributed by atoms with E-state index in [1.54, 1.807) is 17.7 Å². The zero-order valence-corrected chi connectivity index (χ0v) is 17.8. The average molecular weight is 438 g/mol. The van der Waals surface area contributed by atoms with E-state index in [0.717, 1.165) is 11.1 Å². The Morgan fingerprint density at radius 1 is 1.19 bits per heavy atom. The number of hydrogen-bond acceptors (Lipinski definition) is 6. The van der Waals surface area contributed by atoms with Crippen molar-refractivity contribution in [2.75, 3.05) is 5.32 Å². The number of amides is 1. The van der Waals surface area contributed by atoms with Crippen molar-refractivity contribution in [3.63, 3.8) is 0 Å². The molecule has 0 saturated heterocycles. The summed E-state index contributed by atoms with van der Waals surface area (Å²) in [5, 5.41) is 11.5. The molecule has 8 nitrogen and oxygen atoms in total. The normalized spacial score (nSPS) is 10.8. The third-order valence-corrected chi connectivity index (χ3v) is 4.83. The van der Waals surface area contributed by atoms with Crippen LogP contribution in [0.1, 0.15) is 32.9 Å². The fourth-order valence-electron chi connectivity index (χ4n) is 2.94. The first-order chi connectivity index (χ1) is 15.0. The van der Waals surface area contributed by atoms with Crippen molar-refractivity contribution in [1.29, 1.82) is 0 Å². The lowest BCUT2D eigenvalue weighted by Crippen LogP contribution is -2.16. The molecule has 0 bridgehead atoms. The molecule has 2 aromatic heterocycles. The maximum absolute atomic E-state index is 12.7. The molecule has 0 radical (unpaired) electrons. The van der Waals surface area contributed by atoms with E-state index in [1.165, 1.54) is 6.33 Å². The molecule has 158 valence electrons. The van der Waals surface area contributed by atoms with Crippen LogP contribution in [0.15, 0.2) is 59.4 Å². The molecule has 1 N–H and O–H groups in total. The quantitative estimate of drug-likeness (QED) is 0.460. The predicted octanol–water partition coefficient (Wildman–Crippen LogP) is 4.42. The summed E-state index contributed by atoms with van der Waals surface area (Å²) in [5.74, 6) is 0.897. The Labute approximate surface area is 183 Å². The Morgan fingerprint density at radius 2 is 2.00 bits per heavy atom. The van der Waals surface area contributed by atoms with E-state index in [-0.39, 0.29) is 18.2 Å². The van der Waals surface area contributed by atoms with E-state index >= 15 is 0 Å². The topological polar surface area (TPSA) is 95.1 Å². The molecule has 9 heteroatoms. The van der Waals surface area contributed by atoms with Crippen molar-refractivity contribution in [3.05, 3.63) is 88.0 Å². The van der Waals surface area contributed by atoms with Gasteiger partial charge in [0.25, 0.3) is 5.91 Å². The molecular formula is C22H20ClN5O3. The SMILES string of the molecule is Cc1ccc(OCc2c(C(=O)Nc3ncn(Cc4cccc(Cl)c4)n3)noc2C)cc1. The molecule has 0 aliphatic rings. The minimum Gasteiger partial charge on any atom is -0.489 e. The molecule has 0 unspecified atom stereocenters. The number of carbonyl (C=O) groups excluding carboxylic acids is 1. The van der Waals surface area contributed by atoms with Gasteiger partial charge in [0, 0.05) is 5.02 Å². The van der Waals surface area contributed by atoms with Gasteiger partial charge in [-0.3, -0.25) is 10.1 Å². The number of hydrogen-bond donors (Lipinski definition) is 1. The van der Waals surface area contributed by atoms with Crippen molar-refractivity contribution in [2.24, 2.45) is 0 Å². The highest BCUT2D eigenvalue weighted by molar-refractivity contribution is 6.30. The third-order valence-electron chi connectivity index (χ3n) is 4.60. The largest absolute Gasteiger partial charge is 0.489 e. The minimum absolute atomic E-state index is 0.135. The zero-order chi connectivity index (χ0) is 21.8. The second-order valence-corrected chi connectivity index (χ2v) is 7.45. The number of halogens is 1. The van der Waals surface area contributed by atoms with E-state index < -0.39 is 5.91 Å². The van der Waals surface area contributed by atoms with Crippen LogP contribution in [0.5, 0.6) is 5.75 Å². The van der Waals surface area contributed by atoms with Crippen molar-refractivity contribution >= 4 is 23.5 Å². The molecule has 2 heterocycles. The van der Waals surface area contributed by atoms with Crippen LogP contribution in [-0.4, -0.2) is 25.8 Å². The monoisotopic (exact) mass is 437 g/mol. The smallest absolute Gasteiger partial charge is 0.280 e. The molecule has 4 rings (SSSR count). The fraction of sp³-hybridized carbons (Fsp3) is 0.182. The summed E-state index contributed by atoms with van der Waals surface area (Å²) >= 11 is 6.01. The predicted molar refractivity (Wildman–Crippen MR) is 115 cm³/mol. The lowest BCUT2D eigenvalue weighted by Gasteiger charge is -2.07. The highest BCUT2D eigenvalue weighted by Crippen LogP contribution is 2.19. The van der Waals surface area contributed by atoms with Crippen molar-refractivity contribution in [1.82, 2.24) is 19.9 Å². The molecule has 0 atom stereocenters. The van der Waals surface area contributed by atoms with Crippen LogP contribution in [0, 0.1) is 13.8 Å². The molecule has 1 amide bonds. The highest BCUT2D eigenvalue weighted by Gasteiger charge is 2.21. The number of anilines is 1. The van der Waals surface area contributed by atoms with Gasteiger partial charge in [0.1, 0.15) is 24.4 Å². The zero-order valence-electron chi connectivity index (χ0n) is 17.0. The van der Waals surface area contributed by atoms with E-state index in [4.69, 9.17) is 20.9 Å². The summed E-state index contributed by atoms with van der Waals surface area (Å²) in [6.45, 7) is 4.36. The van der Waals surface area contributed by atoms with Crippen molar-refractivity contribution in [3.8, 4) is 5.75 Å². The number of benzene rings is 2. The average Bonchev–Trinajstić information content (AvgIpc) is 3.33. The molecule has 0 spiro atoms. The Kier molecular flexibility index (Phi) is 5.99. The summed E-state index contributed by atoms with van der Waals surface area (Å²) in [7, 11) is 0. The van der Waals surface area contributed by atoms with Gasteiger partial charge in [0.05, 0.1) is 12.1 Å². The van der Waals surface area contributed by atoms with Gasteiger partial charge in [-0.25, -0.2) is 9.67 Å². The molecule has 4 aromatic rings. The number of nitrogens with zero attached hydrogens (tertiary/aromatic N) is 4. The number of carbonyl (C=O) groups is 1. The molecule has 0 fully saturated rings. The first-order valence-electron chi connectivity index (χ1n) is 9.58. The van der Waals surface area contributed by atoms with Crippen LogP contribution < -0.4 is 10.1 Å². The van der Waals surface area contributed by atoms with Crippen LogP contribution in [-0.2, 0) is 13.2 Å². The first-order valence-corrected chi connectivity index (χ1v) is 9.95. The molecule has 0 aliphatic heterocycles. The van der Waals surface area contributed by atoms with Gasteiger partial charge in [0.15, 0.2) is 5.69 Å². The summed E-state index contributed by atoms with van der Waals surface area (Å²) in [6.07, 6.45) is 1.53. The first kappa shape index (κ1) is 20.6. The maximum atomic E-state index is 12.7. The summed E-state index contributed by atoms with van der Waals surface area (Å²) in [4.78, 5) is 16.9. The Hall–Kier alpha value is -3.65. The third kappa shape index (κ3) is 5.10. The van der Waals surface area contributed by atoms with E-state index in [9.17, 15) is 4.79 Å². The highest BCUT2D eigenvalue weighted by atomic mass is 35.5. The lowest BCUT2D eigenvalue weighted by molar-refractivity contribution is 0.101. The fourth-order valence-corrected chi connectivity index (χ4v) is 3.15. The van der Waals surface area contributed by atoms with Crippen molar-refractivity contribution < 1.29 is 14.1 Å². The van der Waals surface area contributed by atoms with Crippen LogP contribution in [0.3, 0.4) is 0 Å². The lowest BCUT2D eigenvalue weighted by atomic mass is 10.2. The Bertz CT molecular complexity index is 1200. The molecular weight excluding hydrogens is 418 g/mol. The summed E-state index contributed by atoms with van der Waals surface area (Å²) < 4.78 is 12.6. The minimum atomic E-state index is -0.472. The van der Waals surface area contributed by atoms with Gasteiger partial charge in [-0.2, -0.15) is 0 Å². The van der Waals surface area contributed by atoms with Crippen LogP contribution in [0.2, 0.25) is 5.02 Å². The Balaban J connectivity index is 1.42. The van der Waals surface area contributed by atoms with Gasteiger partial charge < -0.3 is 9.26 Å². The standard InChI is InChI=1S/C22H20ClN5O3/c1-14-6-8-18(9-7-14)30-12-19-15(2)31-27-20(19)21(29)25-22-24-13-28(26-22)11-16-4-3-5-17(23)10-16/h3-10,13H,11-12H2,1-2H3,(H,25,26,29). The van der Waals surface area contributed by atoms with Gasteiger partial charge in [-0.15, -0.1) is 5.10 Å². The van der Waals surface area contributed by atoms with Gasteiger partial charge in [0.2, 0.25) is 5.95 Å². The number of aryl methyl sites for hydroxylation is 2. The summed E-state index contributed by atoms with van der Waals surface area (Å²) in [6, 6.07) is 15.1. The maximum Gasteiger partial charge on any atom is 0.280 e. The number of nitrogens with one attached hydrogen (secondary N) is 1. The second-order valence-electron chi connectivity index (χ2n) is 7.02. The Morgan fingerprint density at radius 3 is 2.77 bits per heavy atom. The van der Waals surface area contributed by atoms with Crippen molar-refractivity contribution in [2.45, 2.75) is 27.0 Å². The van der Waals surface area contributed by atoms with Gasteiger partial charge in [-0.1, -0.05) is 46.6 Å². The molecule has 0 aliphatic carbocycles. The molecule has 0 saturated carbocycles. The second kappa shape index (κ2) is 9.01. The van der Waals surface area contributed by atoms with E-state index in [1.807, 2.05) is 49.4 Å². The van der Waals surface area contributed by atoms with Gasteiger partial charge >= 0.3 is 0 Å². The number of aromatic nitrogens is 4. The van der Waals surface area contributed by atoms with Crippen LogP contribution in [0.25, 0.3) is 0 Å². The summed E-state index contributed by atoms with van der Waals surface area (Å²) in [5.41, 5.74) is 2.81. The number of rotatable bonds is 7.